The molecule has 2 nitrogen and oxygen atoms in total. The van der Waals surface area contributed by atoms with E-state index in [0.717, 1.165) is 24.2 Å². The van der Waals surface area contributed by atoms with Crippen LogP contribution in [0.5, 0.6) is 0 Å². The van der Waals surface area contributed by atoms with Gasteiger partial charge in [0.05, 0.1) is 0 Å². The minimum Gasteiger partial charge on any atom is -0.299 e. The summed E-state index contributed by atoms with van der Waals surface area (Å²) in [6, 6.07) is 0. The predicted octanol–water partition coefficient (Wildman–Crippen LogP) is 7.09. The van der Waals surface area contributed by atoms with Gasteiger partial charge >= 0.3 is 0 Å². The Labute approximate surface area is 162 Å². The van der Waals surface area contributed by atoms with Gasteiger partial charge in [0.25, 0.3) is 0 Å². The predicted molar refractivity (Wildman–Crippen MR) is 113 cm³/mol. The van der Waals surface area contributed by atoms with Gasteiger partial charge in [0.1, 0.15) is 6.29 Å². The SMILES string of the molecule is CC(=CCC(=O)C=CC=O)CCCC(C)CCCC(C)CCCC(C)C. The van der Waals surface area contributed by atoms with Crippen LogP contribution < -0.4 is 0 Å². The summed E-state index contributed by atoms with van der Waals surface area (Å²) < 4.78 is 0. The standard InChI is InChI=1S/C24H42O2/c1-20(2)10-6-11-21(3)12-7-13-22(4)14-8-15-23(5)17-18-24(26)16-9-19-25/h9,16-17,19-22H,6-8,10-15,18H2,1-5H3. The second kappa shape index (κ2) is 16.0. The van der Waals surface area contributed by atoms with Crippen molar-refractivity contribution in [2.45, 2.75) is 98.8 Å². The molecule has 26 heavy (non-hydrogen) atoms. The van der Waals surface area contributed by atoms with Crippen LogP contribution in [0.2, 0.25) is 0 Å². The van der Waals surface area contributed by atoms with Crippen LogP contribution in [0.4, 0.5) is 0 Å². The van der Waals surface area contributed by atoms with Gasteiger partial charge < -0.3 is 0 Å². The van der Waals surface area contributed by atoms with Gasteiger partial charge in [-0.3, -0.25) is 9.59 Å². The third kappa shape index (κ3) is 16.3. The van der Waals surface area contributed by atoms with Crippen LogP contribution in [0.1, 0.15) is 98.8 Å². The van der Waals surface area contributed by atoms with E-state index in [9.17, 15) is 9.59 Å². The van der Waals surface area contributed by atoms with Gasteiger partial charge in [-0.15, -0.1) is 0 Å². The highest BCUT2D eigenvalue weighted by Crippen LogP contribution is 2.22. The van der Waals surface area contributed by atoms with E-state index in [4.69, 9.17) is 0 Å². The second-order valence-corrected chi connectivity index (χ2v) is 8.57. The zero-order valence-corrected chi connectivity index (χ0v) is 17.9. The molecule has 0 aliphatic carbocycles. The third-order valence-electron chi connectivity index (χ3n) is 5.15. The fourth-order valence-electron chi connectivity index (χ4n) is 3.30. The highest BCUT2D eigenvalue weighted by atomic mass is 16.1. The van der Waals surface area contributed by atoms with Crippen molar-refractivity contribution in [2.75, 3.05) is 0 Å². The molecule has 0 aliphatic heterocycles. The zero-order valence-electron chi connectivity index (χ0n) is 17.9. The Hall–Kier alpha value is -1.18. The lowest BCUT2D eigenvalue weighted by Gasteiger charge is -2.15. The maximum absolute atomic E-state index is 11.5. The lowest BCUT2D eigenvalue weighted by Crippen LogP contribution is -2.00. The van der Waals surface area contributed by atoms with Crippen LogP contribution in [0.25, 0.3) is 0 Å². The maximum atomic E-state index is 11.5. The van der Waals surface area contributed by atoms with E-state index in [1.807, 2.05) is 6.08 Å². The van der Waals surface area contributed by atoms with Gasteiger partial charge in [-0.25, -0.2) is 0 Å². The Morgan fingerprint density at radius 2 is 1.38 bits per heavy atom. The summed E-state index contributed by atoms with van der Waals surface area (Å²) in [7, 11) is 0. The molecule has 0 fully saturated rings. The number of allylic oxidation sites excluding steroid dienone is 4. The van der Waals surface area contributed by atoms with E-state index < -0.39 is 0 Å². The summed E-state index contributed by atoms with van der Waals surface area (Å²) in [5.41, 5.74) is 1.28. The number of rotatable bonds is 16. The molecule has 0 aromatic rings. The topological polar surface area (TPSA) is 34.1 Å². The van der Waals surface area contributed by atoms with Crippen LogP contribution in [-0.4, -0.2) is 12.1 Å². The van der Waals surface area contributed by atoms with E-state index >= 15 is 0 Å². The summed E-state index contributed by atoms with van der Waals surface area (Å²) >= 11 is 0. The molecule has 0 aromatic heterocycles. The summed E-state index contributed by atoms with van der Waals surface area (Å²) in [5, 5.41) is 0. The maximum Gasteiger partial charge on any atom is 0.159 e. The molecule has 0 aromatic carbocycles. The fourth-order valence-corrected chi connectivity index (χ4v) is 3.30. The molecule has 0 saturated heterocycles. The second-order valence-electron chi connectivity index (χ2n) is 8.57. The van der Waals surface area contributed by atoms with Crippen molar-refractivity contribution < 1.29 is 9.59 Å². The monoisotopic (exact) mass is 362 g/mol. The molecule has 2 heteroatoms. The highest BCUT2D eigenvalue weighted by Gasteiger charge is 2.06. The lowest BCUT2D eigenvalue weighted by molar-refractivity contribution is -0.114. The molecular weight excluding hydrogens is 320 g/mol. The molecule has 0 bridgehead atoms. The van der Waals surface area contributed by atoms with Crippen LogP contribution in [-0.2, 0) is 9.59 Å². The first-order valence-electron chi connectivity index (χ1n) is 10.6. The Morgan fingerprint density at radius 3 is 1.92 bits per heavy atom. The van der Waals surface area contributed by atoms with E-state index in [1.54, 1.807) is 0 Å². The summed E-state index contributed by atoms with van der Waals surface area (Å²) in [5.74, 6) is 2.50. The molecule has 0 rings (SSSR count). The van der Waals surface area contributed by atoms with E-state index in [2.05, 4.69) is 34.6 Å². The largest absolute Gasteiger partial charge is 0.299 e. The number of hydrogen-bond donors (Lipinski definition) is 0. The van der Waals surface area contributed by atoms with E-state index in [0.29, 0.717) is 12.7 Å². The summed E-state index contributed by atoms with van der Waals surface area (Å²) in [6.07, 6.45) is 17.4. The molecule has 0 radical (unpaired) electrons. The molecule has 0 amide bonds. The number of carbonyl (C=O) groups is 2. The summed E-state index contributed by atoms with van der Waals surface area (Å²) in [6.45, 7) is 11.5. The van der Waals surface area contributed by atoms with Gasteiger partial charge in [-0.1, -0.05) is 84.3 Å². The van der Waals surface area contributed by atoms with Crippen molar-refractivity contribution >= 4 is 12.1 Å². The molecule has 0 heterocycles. The van der Waals surface area contributed by atoms with Crippen molar-refractivity contribution in [3.63, 3.8) is 0 Å². The first-order chi connectivity index (χ1) is 12.3. The van der Waals surface area contributed by atoms with Gasteiger partial charge in [0.2, 0.25) is 0 Å². The molecule has 0 spiro atoms. The zero-order chi connectivity index (χ0) is 19.8. The van der Waals surface area contributed by atoms with Crippen LogP contribution in [0.15, 0.2) is 23.8 Å². The van der Waals surface area contributed by atoms with Crippen LogP contribution >= 0.6 is 0 Å². The molecule has 2 unspecified atom stereocenters. The Morgan fingerprint density at radius 1 is 0.846 bits per heavy atom. The minimum atomic E-state index is -0.00710. The van der Waals surface area contributed by atoms with Crippen LogP contribution in [0, 0.1) is 17.8 Å². The Bertz CT molecular complexity index is 431. The van der Waals surface area contributed by atoms with Crippen molar-refractivity contribution in [1.82, 2.24) is 0 Å². The normalized spacial score (nSPS) is 14.8. The van der Waals surface area contributed by atoms with Crippen LogP contribution in [0.3, 0.4) is 0 Å². The molecule has 150 valence electrons. The van der Waals surface area contributed by atoms with Crippen molar-refractivity contribution in [3.8, 4) is 0 Å². The first kappa shape index (κ1) is 24.8. The highest BCUT2D eigenvalue weighted by molar-refractivity contribution is 5.93. The third-order valence-corrected chi connectivity index (χ3v) is 5.15. The van der Waals surface area contributed by atoms with Crippen molar-refractivity contribution in [1.29, 1.82) is 0 Å². The van der Waals surface area contributed by atoms with E-state index in [-0.39, 0.29) is 5.78 Å². The molecule has 2 atom stereocenters. The number of aldehydes is 1. The number of carbonyl (C=O) groups excluding carboxylic acids is 2. The van der Waals surface area contributed by atoms with E-state index in [1.165, 1.54) is 69.1 Å². The van der Waals surface area contributed by atoms with Crippen molar-refractivity contribution in [3.05, 3.63) is 23.8 Å². The Kier molecular flexibility index (Phi) is 15.3. The van der Waals surface area contributed by atoms with Gasteiger partial charge in [-0.05, 0) is 49.7 Å². The van der Waals surface area contributed by atoms with Gasteiger partial charge in [0.15, 0.2) is 5.78 Å². The van der Waals surface area contributed by atoms with Gasteiger partial charge in [-0.2, -0.15) is 0 Å². The number of ketones is 1. The average molecular weight is 363 g/mol. The average Bonchev–Trinajstić information content (AvgIpc) is 2.57. The smallest absolute Gasteiger partial charge is 0.159 e. The number of hydrogen-bond acceptors (Lipinski definition) is 2. The minimum absolute atomic E-state index is 0.00710. The Balaban J connectivity index is 3.75. The van der Waals surface area contributed by atoms with Gasteiger partial charge in [0, 0.05) is 6.42 Å². The van der Waals surface area contributed by atoms with Crippen molar-refractivity contribution in [2.24, 2.45) is 17.8 Å². The lowest BCUT2D eigenvalue weighted by atomic mass is 9.91. The fraction of sp³-hybridized carbons (Fsp3) is 0.750. The quantitative estimate of drug-likeness (QED) is 0.167. The molecule has 0 aliphatic rings. The molecule has 0 saturated carbocycles. The first-order valence-corrected chi connectivity index (χ1v) is 10.6. The molecular formula is C24H42O2. The summed E-state index contributed by atoms with van der Waals surface area (Å²) in [4.78, 5) is 21.7. The molecule has 0 N–H and O–H groups in total.